The molecule has 0 spiro atoms. The third-order valence-corrected chi connectivity index (χ3v) is 1.70. The van der Waals surface area contributed by atoms with Gasteiger partial charge >= 0.3 is 6.01 Å². The first kappa shape index (κ1) is 8.93. The summed E-state index contributed by atoms with van der Waals surface area (Å²) >= 11 is 11.0. The maximum atomic E-state index is 5.52. The first-order chi connectivity index (χ1) is 6.24. The van der Waals surface area contributed by atoms with Crippen LogP contribution in [0.5, 0.6) is 6.01 Å². The third kappa shape index (κ3) is 2.65. The highest BCUT2D eigenvalue weighted by atomic mass is 35.5. The van der Waals surface area contributed by atoms with Crippen molar-refractivity contribution in [1.82, 2.24) is 15.0 Å². The zero-order chi connectivity index (χ0) is 9.26. The van der Waals surface area contributed by atoms with E-state index >= 15 is 0 Å². The maximum Gasteiger partial charge on any atom is 0.322 e. The Balaban J connectivity index is 2.01. The SMILES string of the molecule is Clc1nc(Cl)nc(OCC2CO2)n1. The maximum absolute atomic E-state index is 5.52. The molecule has 0 aliphatic carbocycles. The summed E-state index contributed by atoms with van der Waals surface area (Å²) in [5.41, 5.74) is 0. The molecule has 2 rings (SSSR count). The number of nitrogens with zero attached hydrogens (tertiary/aromatic N) is 3. The second-order valence-electron chi connectivity index (χ2n) is 2.42. The first-order valence-corrected chi connectivity index (χ1v) is 4.31. The predicted octanol–water partition coefficient (Wildman–Crippen LogP) is 0.956. The van der Waals surface area contributed by atoms with Gasteiger partial charge in [-0.1, -0.05) is 0 Å². The average Bonchev–Trinajstić information content (AvgIpc) is 2.81. The van der Waals surface area contributed by atoms with Crippen LogP contribution in [0, 0.1) is 0 Å². The molecule has 1 aliphatic rings. The van der Waals surface area contributed by atoms with Crippen molar-refractivity contribution in [3.05, 3.63) is 10.6 Å². The molecule has 1 aromatic heterocycles. The Morgan fingerprint density at radius 3 is 2.46 bits per heavy atom. The van der Waals surface area contributed by atoms with Crippen LogP contribution in [0.2, 0.25) is 10.6 Å². The minimum Gasteiger partial charge on any atom is -0.460 e. The molecular formula is C6H5Cl2N3O2. The van der Waals surface area contributed by atoms with Crippen molar-refractivity contribution in [2.24, 2.45) is 0 Å². The standard InChI is InChI=1S/C6H5Cl2N3O2/c7-4-9-5(8)11-6(10-4)13-2-3-1-12-3/h3H,1-2H2. The van der Waals surface area contributed by atoms with Crippen LogP contribution < -0.4 is 4.74 Å². The normalized spacial score (nSPS) is 20.0. The topological polar surface area (TPSA) is 60.4 Å². The van der Waals surface area contributed by atoms with Gasteiger partial charge in [-0.25, -0.2) is 0 Å². The van der Waals surface area contributed by atoms with Gasteiger partial charge in [0.15, 0.2) is 0 Å². The Bertz CT molecular complexity index is 298. The van der Waals surface area contributed by atoms with Gasteiger partial charge in [0, 0.05) is 0 Å². The van der Waals surface area contributed by atoms with Crippen LogP contribution in [0.15, 0.2) is 0 Å². The summed E-state index contributed by atoms with van der Waals surface area (Å²) < 4.78 is 10.1. The predicted molar refractivity (Wildman–Crippen MR) is 45.1 cm³/mol. The molecule has 0 bridgehead atoms. The van der Waals surface area contributed by atoms with Gasteiger partial charge in [-0.15, -0.1) is 0 Å². The van der Waals surface area contributed by atoms with Crippen LogP contribution in [0.1, 0.15) is 0 Å². The Morgan fingerprint density at radius 2 is 1.92 bits per heavy atom. The Kier molecular flexibility index (Phi) is 2.48. The van der Waals surface area contributed by atoms with Crippen LogP contribution in [0.25, 0.3) is 0 Å². The zero-order valence-electron chi connectivity index (χ0n) is 6.41. The van der Waals surface area contributed by atoms with Crippen LogP contribution in [0.3, 0.4) is 0 Å². The third-order valence-electron chi connectivity index (χ3n) is 1.36. The minimum absolute atomic E-state index is 0.0201. The van der Waals surface area contributed by atoms with Crippen molar-refractivity contribution in [3.63, 3.8) is 0 Å². The highest BCUT2D eigenvalue weighted by Crippen LogP contribution is 2.14. The molecule has 5 nitrogen and oxygen atoms in total. The molecule has 13 heavy (non-hydrogen) atoms. The van der Waals surface area contributed by atoms with E-state index in [4.69, 9.17) is 32.7 Å². The Morgan fingerprint density at radius 1 is 1.31 bits per heavy atom. The smallest absolute Gasteiger partial charge is 0.322 e. The molecule has 1 aliphatic heterocycles. The van der Waals surface area contributed by atoms with Crippen molar-refractivity contribution in [2.75, 3.05) is 13.2 Å². The monoisotopic (exact) mass is 221 g/mol. The van der Waals surface area contributed by atoms with Gasteiger partial charge in [0.1, 0.15) is 12.7 Å². The van der Waals surface area contributed by atoms with E-state index in [1.807, 2.05) is 0 Å². The van der Waals surface area contributed by atoms with Gasteiger partial charge in [0.2, 0.25) is 10.6 Å². The lowest BCUT2D eigenvalue weighted by atomic mass is 10.5. The van der Waals surface area contributed by atoms with E-state index in [1.54, 1.807) is 0 Å². The van der Waals surface area contributed by atoms with Crippen LogP contribution in [-0.2, 0) is 4.74 Å². The lowest BCUT2D eigenvalue weighted by molar-refractivity contribution is 0.246. The van der Waals surface area contributed by atoms with E-state index < -0.39 is 0 Å². The van der Waals surface area contributed by atoms with Crippen molar-refractivity contribution >= 4 is 23.2 Å². The van der Waals surface area contributed by atoms with Crippen LogP contribution in [0.4, 0.5) is 0 Å². The minimum atomic E-state index is 0.0201. The zero-order valence-corrected chi connectivity index (χ0v) is 7.92. The molecule has 2 heterocycles. The molecule has 0 aromatic carbocycles. The van der Waals surface area contributed by atoms with E-state index in [0.717, 1.165) is 0 Å². The summed E-state index contributed by atoms with van der Waals surface area (Å²) in [5.74, 6) is 0. The number of aromatic nitrogens is 3. The van der Waals surface area contributed by atoms with Crippen molar-refractivity contribution in [3.8, 4) is 6.01 Å². The summed E-state index contributed by atoms with van der Waals surface area (Å²) in [6.45, 7) is 1.13. The number of epoxide rings is 1. The number of ether oxygens (including phenoxy) is 2. The van der Waals surface area contributed by atoms with E-state index in [0.29, 0.717) is 13.2 Å². The molecule has 1 unspecified atom stereocenters. The molecule has 1 saturated heterocycles. The number of hydrogen-bond acceptors (Lipinski definition) is 5. The van der Waals surface area contributed by atoms with Gasteiger partial charge in [-0.2, -0.15) is 15.0 Å². The summed E-state index contributed by atoms with van der Waals surface area (Å²) in [7, 11) is 0. The number of rotatable bonds is 3. The van der Waals surface area contributed by atoms with Crippen molar-refractivity contribution in [1.29, 1.82) is 0 Å². The number of hydrogen-bond donors (Lipinski definition) is 0. The van der Waals surface area contributed by atoms with Crippen LogP contribution in [-0.4, -0.2) is 34.3 Å². The van der Waals surface area contributed by atoms with E-state index in [9.17, 15) is 0 Å². The lowest BCUT2D eigenvalue weighted by Gasteiger charge is -2.01. The summed E-state index contributed by atoms with van der Waals surface area (Å²) in [5, 5.41) is 0.0402. The van der Waals surface area contributed by atoms with Gasteiger partial charge in [0.05, 0.1) is 6.61 Å². The molecule has 1 atom stereocenters. The number of halogens is 2. The molecular weight excluding hydrogens is 217 g/mol. The molecule has 0 saturated carbocycles. The summed E-state index contributed by atoms with van der Waals surface area (Å²) in [4.78, 5) is 11.0. The van der Waals surface area contributed by atoms with E-state index in [2.05, 4.69) is 15.0 Å². The average molecular weight is 222 g/mol. The largest absolute Gasteiger partial charge is 0.460 e. The fraction of sp³-hybridized carbons (Fsp3) is 0.500. The molecule has 0 radical (unpaired) electrons. The molecule has 0 N–H and O–H groups in total. The molecule has 70 valence electrons. The lowest BCUT2D eigenvalue weighted by Crippen LogP contribution is -2.07. The summed E-state index contributed by atoms with van der Waals surface area (Å²) in [6.07, 6.45) is 0.148. The molecule has 7 heteroatoms. The Hall–Kier alpha value is -0.650. The van der Waals surface area contributed by atoms with Crippen molar-refractivity contribution in [2.45, 2.75) is 6.10 Å². The van der Waals surface area contributed by atoms with Crippen LogP contribution >= 0.6 is 23.2 Å². The molecule has 1 fully saturated rings. The van der Waals surface area contributed by atoms with E-state index in [-0.39, 0.29) is 22.7 Å². The van der Waals surface area contributed by atoms with Gasteiger partial charge in [-0.3, -0.25) is 0 Å². The Labute approximate surface area is 84.0 Å². The second-order valence-corrected chi connectivity index (χ2v) is 3.10. The fourth-order valence-electron chi connectivity index (χ4n) is 0.705. The first-order valence-electron chi connectivity index (χ1n) is 3.55. The highest BCUT2D eigenvalue weighted by Gasteiger charge is 2.23. The van der Waals surface area contributed by atoms with E-state index in [1.165, 1.54) is 0 Å². The van der Waals surface area contributed by atoms with Crippen molar-refractivity contribution < 1.29 is 9.47 Å². The molecule has 0 amide bonds. The molecule has 1 aromatic rings. The van der Waals surface area contributed by atoms with Gasteiger partial charge < -0.3 is 9.47 Å². The van der Waals surface area contributed by atoms with Gasteiger partial charge in [0.25, 0.3) is 0 Å². The fourth-order valence-corrected chi connectivity index (χ4v) is 1.05. The quantitative estimate of drug-likeness (QED) is 0.712. The highest BCUT2D eigenvalue weighted by molar-refractivity contribution is 6.31. The summed E-state index contributed by atoms with van der Waals surface area (Å²) in [6, 6.07) is 0.125. The van der Waals surface area contributed by atoms with Gasteiger partial charge in [-0.05, 0) is 23.2 Å². The second kappa shape index (κ2) is 3.61.